The Morgan fingerprint density at radius 1 is 1.50 bits per heavy atom. The van der Waals surface area contributed by atoms with Crippen LogP contribution in [0, 0.1) is 10.1 Å². The fourth-order valence-corrected chi connectivity index (χ4v) is 2.38. The van der Waals surface area contributed by atoms with E-state index in [0.29, 0.717) is 6.04 Å². The summed E-state index contributed by atoms with van der Waals surface area (Å²) in [4.78, 5) is 11.2. The maximum Gasteiger partial charge on any atom is 0.282 e. The second-order valence-corrected chi connectivity index (χ2v) is 4.69. The van der Waals surface area contributed by atoms with E-state index in [1.807, 2.05) is 13.1 Å². The third kappa shape index (κ3) is 3.83. The van der Waals surface area contributed by atoms with Crippen molar-refractivity contribution in [3.8, 4) is 0 Å². The van der Waals surface area contributed by atoms with E-state index in [1.54, 1.807) is 18.2 Å². The van der Waals surface area contributed by atoms with E-state index in [-0.39, 0.29) is 10.6 Å². The quantitative estimate of drug-likeness (QED) is 0.472. The molecule has 0 saturated carbocycles. The second kappa shape index (κ2) is 6.50. The molecule has 0 aliphatic carbocycles. The average molecular weight is 240 g/mol. The maximum atomic E-state index is 10.8. The number of hydrogen-bond acceptors (Lipinski definition) is 4. The largest absolute Gasteiger partial charge is 0.317 e. The molecule has 0 aliphatic rings. The first-order chi connectivity index (χ1) is 7.65. The average Bonchev–Trinajstić information content (AvgIpc) is 2.29. The van der Waals surface area contributed by atoms with Crippen LogP contribution in [0.5, 0.6) is 0 Å². The molecular formula is C11H16N2O2S. The van der Waals surface area contributed by atoms with E-state index in [1.165, 1.54) is 11.8 Å². The monoisotopic (exact) mass is 240 g/mol. The summed E-state index contributed by atoms with van der Waals surface area (Å²) < 4.78 is 0. The smallest absolute Gasteiger partial charge is 0.282 e. The lowest BCUT2D eigenvalue weighted by Crippen LogP contribution is -2.21. The third-order valence-electron chi connectivity index (χ3n) is 2.36. The molecule has 1 N–H and O–H groups in total. The molecule has 5 heteroatoms. The van der Waals surface area contributed by atoms with Crippen molar-refractivity contribution in [1.82, 2.24) is 5.32 Å². The van der Waals surface area contributed by atoms with Crippen molar-refractivity contribution in [2.24, 2.45) is 0 Å². The van der Waals surface area contributed by atoms with E-state index in [9.17, 15) is 10.1 Å². The minimum Gasteiger partial charge on any atom is -0.317 e. The highest BCUT2D eigenvalue weighted by Crippen LogP contribution is 2.29. The van der Waals surface area contributed by atoms with Crippen molar-refractivity contribution in [1.29, 1.82) is 0 Å². The van der Waals surface area contributed by atoms with Gasteiger partial charge in [0.15, 0.2) is 0 Å². The molecule has 0 heterocycles. The number of hydrogen-bond donors (Lipinski definition) is 1. The molecule has 1 rings (SSSR count). The van der Waals surface area contributed by atoms with Crippen molar-refractivity contribution in [2.45, 2.75) is 24.3 Å². The Kier molecular flexibility index (Phi) is 5.28. The number of para-hydroxylation sites is 1. The fourth-order valence-electron chi connectivity index (χ4n) is 1.22. The van der Waals surface area contributed by atoms with Crippen LogP contribution >= 0.6 is 11.8 Å². The Labute approximate surface area is 99.6 Å². The minimum absolute atomic E-state index is 0.199. The predicted octanol–water partition coefficient (Wildman–Crippen LogP) is 2.68. The van der Waals surface area contributed by atoms with Gasteiger partial charge in [-0.1, -0.05) is 12.1 Å². The molecule has 1 aromatic rings. The molecule has 4 nitrogen and oxygen atoms in total. The van der Waals surface area contributed by atoms with Crippen LogP contribution in [-0.2, 0) is 0 Å². The van der Waals surface area contributed by atoms with Crippen LogP contribution in [0.1, 0.15) is 13.3 Å². The van der Waals surface area contributed by atoms with Crippen LogP contribution in [0.2, 0.25) is 0 Å². The van der Waals surface area contributed by atoms with Gasteiger partial charge < -0.3 is 5.32 Å². The van der Waals surface area contributed by atoms with E-state index < -0.39 is 0 Å². The van der Waals surface area contributed by atoms with Gasteiger partial charge in [0.25, 0.3) is 5.69 Å². The highest BCUT2D eigenvalue weighted by Gasteiger charge is 2.12. The van der Waals surface area contributed by atoms with Crippen molar-refractivity contribution >= 4 is 17.4 Å². The normalized spacial score (nSPS) is 12.4. The van der Waals surface area contributed by atoms with Gasteiger partial charge >= 0.3 is 0 Å². The number of nitro groups is 1. The number of benzene rings is 1. The fraction of sp³-hybridized carbons (Fsp3) is 0.455. The summed E-state index contributed by atoms with van der Waals surface area (Å²) in [5, 5.41) is 13.9. The molecule has 0 radical (unpaired) electrons. The molecule has 1 aromatic carbocycles. The third-order valence-corrected chi connectivity index (χ3v) is 3.46. The Bertz CT molecular complexity index is 358. The van der Waals surface area contributed by atoms with Crippen LogP contribution in [0.3, 0.4) is 0 Å². The summed E-state index contributed by atoms with van der Waals surface area (Å²) in [6.45, 7) is 2.10. The van der Waals surface area contributed by atoms with E-state index in [2.05, 4.69) is 12.2 Å². The summed E-state index contributed by atoms with van der Waals surface area (Å²) in [5.74, 6) is 0.882. The zero-order valence-corrected chi connectivity index (χ0v) is 10.3. The Hall–Kier alpha value is -1.07. The summed E-state index contributed by atoms with van der Waals surface area (Å²) in [6.07, 6.45) is 0.993. The number of nitrogens with one attached hydrogen (secondary N) is 1. The zero-order chi connectivity index (χ0) is 12.0. The lowest BCUT2D eigenvalue weighted by molar-refractivity contribution is -0.387. The topological polar surface area (TPSA) is 55.2 Å². The molecule has 16 heavy (non-hydrogen) atoms. The van der Waals surface area contributed by atoms with Gasteiger partial charge in [-0.15, -0.1) is 11.8 Å². The number of thioether (sulfide) groups is 1. The molecule has 0 amide bonds. The standard InChI is InChI=1S/C11H16N2O2S/c1-9(12-2)7-8-16-11-6-4-3-5-10(11)13(14)15/h3-6,9,12H,7-8H2,1-2H3. The van der Waals surface area contributed by atoms with Crippen molar-refractivity contribution < 1.29 is 4.92 Å². The van der Waals surface area contributed by atoms with E-state index >= 15 is 0 Å². The van der Waals surface area contributed by atoms with Crippen LogP contribution in [-0.4, -0.2) is 23.8 Å². The van der Waals surface area contributed by atoms with Gasteiger partial charge in [0.2, 0.25) is 0 Å². The molecule has 0 bridgehead atoms. The first-order valence-corrected chi connectivity index (χ1v) is 6.17. The van der Waals surface area contributed by atoms with Gasteiger partial charge in [-0.3, -0.25) is 10.1 Å². The van der Waals surface area contributed by atoms with E-state index in [0.717, 1.165) is 17.1 Å². The van der Waals surface area contributed by atoms with Crippen LogP contribution in [0.4, 0.5) is 5.69 Å². The van der Waals surface area contributed by atoms with Gasteiger partial charge in [-0.05, 0) is 32.2 Å². The summed E-state index contributed by atoms with van der Waals surface area (Å²) in [7, 11) is 1.92. The number of rotatable bonds is 6. The summed E-state index contributed by atoms with van der Waals surface area (Å²) in [5.41, 5.74) is 0.199. The summed E-state index contributed by atoms with van der Waals surface area (Å²) >= 11 is 1.54. The van der Waals surface area contributed by atoms with Crippen LogP contribution in [0.15, 0.2) is 29.2 Å². The van der Waals surface area contributed by atoms with Crippen molar-refractivity contribution in [2.75, 3.05) is 12.8 Å². The first kappa shape index (κ1) is 13.0. The molecule has 1 atom stereocenters. The molecule has 0 fully saturated rings. The number of nitrogens with zero attached hydrogens (tertiary/aromatic N) is 1. The Balaban J connectivity index is 2.56. The molecule has 0 saturated heterocycles. The van der Waals surface area contributed by atoms with Crippen LogP contribution < -0.4 is 5.32 Å². The second-order valence-electron chi connectivity index (χ2n) is 3.55. The first-order valence-electron chi connectivity index (χ1n) is 5.18. The molecule has 88 valence electrons. The van der Waals surface area contributed by atoms with Crippen molar-refractivity contribution in [3.05, 3.63) is 34.4 Å². The molecule has 0 aliphatic heterocycles. The molecular weight excluding hydrogens is 224 g/mol. The molecule has 0 spiro atoms. The highest BCUT2D eigenvalue weighted by molar-refractivity contribution is 7.99. The van der Waals surface area contributed by atoms with E-state index in [4.69, 9.17) is 0 Å². The maximum absolute atomic E-state index is 10.8. The summed E-state index contributed by atoms with van der Waals surface area (Å²) in [6, 6.07) is 7.31. The predicted molar refractivity (Wildman–Crippen MR) is 67.0 cm³/mol. The zero-order valence-electron chi connectivity index (χ0n) is 9.47. The van der Waals surface area contributed by atoms with Gasteiger partial charge in [0.1, 0.15) is 0 Å². The van der Waals surface area contributed by atoms with Gasteiger partial charge in [0, 0.05) is 12.1 Å². The lowest BCUT2D eigenvalue weighted by atomic mass is 10.3. The van der Waals surface area contributed by atoms with Gasteiger partial charge in [-0.25, -0.2) is 0 Å². The van der Waals surface area contributed by atoms with Crippen LogP contribution in [0.25, 0.3) is 0 Å². The molecule has 0 aromatic heterocycles. The van der Waals surface area contributed by atoms with Gasteiger partial charge in [0.05, 0.1) is 9.82 Å². The SMILES string of the molecule is CNC(C)CCSc1ccccc1[N+](=O)[O-]. The molecule has 1 unspecified atom stereocenters. The lowest BCUT2D eigenvalue weighted by Gasteiger charge is -2.09. The number of nitro benzene ring substituents is 1. The minimum atomic E-state index is -0.330. The highest BCUT2D eigenvalue weighted by atomic mass is 32.2. The Morgan fingerprint density at radius 2 is 2.19 bits per heavy atom. The van der Waals surface area contributed by atoms with Crippen molar-refractivity contribution in [3.63, 3.8) is 0 Å². The van der Waals surface area contributed by atoms with Gasteiger partial charge in [-0.2, -0.15) is 0 Å². The Morgan fingerprint density at radius 3 is 2.81 bits per heavy atom.